The Morgan fingerprint density at radius 3 is 2.30 bits per heavy atom. The molecule has 0 bridgehead atoms. The van der Waals surface area contributed by atoms with Gasteiger partial charge in [-0.1, -0.05) is 6.07 Å². The lowest BCUT2D eigenvalue weighted by Crippen LogP contribution is -2.45. The lowest BCUT2D eigenvalue weighted by molar-refractivity contribution is 0.0945. The SMILES string of the molecule is Cc1ccc(S(=O)(=O)Nc2ccc(F)cc2)cc1C(=O)NCC(C)(C)N.Cl. The summed E-state index contributed by atoms with van der Waals surface area (Å²) in [6.07, 6.45) is 0. The Hall–Kier alpha value is -2.16. The average molecular weight is 416 g/mol. The van der Waals surface area contributed by atoms with E-state index in [1.165, 1.54) is 24.3 Å². The van der Waals surface area contributed by atoms with Gasteiger partial charge in [0.15, 0.2) is 0 Å². The van der Waals surface area contributed by atoms with Crippen molar-refractivity contribution in [2.75, 3.05) is 11.3 Å². The van der Waals surface area contributed by atoms with Crippen LogP contribution in [0.5, 0.6) is 0 Å². The highest BCUT2D eigenvalue weighted by Gasteiger charge is 2.19. The Kier molecular flexibility index (Phi) is 7.36. The minimum Gasteiger partial charge on any atom is -0.350 e. The topological polar surface area (TPSA) is 101 Å². The minimum absolute atomic E-state index is 0. The fourth-order valence-electron chi connectivity index (χ4n) is 2.15. The summed E-state index contributed by atoms with van der Waals surface area (Å²) in [4.78, 5) is 12.3. The third kappa shape index (κ3) is 6.50. The van der Waals surface area contributed by atoms with Crippen molar-refractivity contribution in [3.8, 4) is 0 Å². The van der Waals surface area contributed by atoms with Crippen LogP contribution in [0.3, 0.4) is 0 Å². The molecule has 6 nitrogen and oxygen atoms in total. The van der Waals surface area contributed by atoms with Gasteiger partial charge in [-0.25, -0.2) is 12.8 Å². The molecule has 0 atom stereocenters. The van der Waals surface area contributed by atoms with Gasteiger partial charge in [-0.2, -0.15) is 0 Å². The van der Waals surface area contributed by atoms with E-state index in [9.17, 15) is 17.6 Å². The molecule has 2 aromatic rings. The monoisotopic (exact) mass is 415 g/mol. The van der Waals surface area contributed by atoms with Crippen molar-refractivity contribution >= 4 is 34.0 Å². The number of halogens is 2. The van der Waals surface area contributed by atoms with Crippen LogP contribution in [0.15, 0.2) is 47.4 Å². The Balaban J connectivity index is 0.00000364. The molecule has 0 aromatic heterocycles. The van der Waals surface area contributed by atoms with Gasteiger partial charge in [0.25, 0.3) is 15.9 Å². The summed E-state index contributed by atoms with van der Waals surface area (Å²) < 4.78 is 40.4. The van der Waals surface area contributed by atoms with E-state index in [1.54, 1.807) is 26.8 Å². The van der Waals surface area contributed by atoms with E-state index in [-0.39, 0.29) is 35.1 Å². The van der Waals surface area contributed by atoms with Gasteiger partial charge in [0, 0.05) is 23.3 Å². The van der Waals surface area contributed by atoms with Crippen LogP contribution in [0.2, 0.25) is 0 Å². The summed E-state index contributed by atoms with van der Waals surface area (Å²) in [5.41, 5.74) is 6.37. The maximum atomic E-state index is 13.0. The molecule has 2 aromatic carbocycles. The number of anilines is 1. The quantitative estimate of drug-likeness (QED) is 0.675. The van der Waals surface area contributed by atoms with Crippen LogP contribution >= 0.6 is 12.4 Å². The lowest BCUT2D eigenvalue weighted by Gasteiger charge is -2.19. The first-order valence-corrected chi connectivity index (χ1v) is 9.42. The Bertz CT molecular complexity index is 910. The molecular weight excluding hydrogens is 393 g/mol. The van der Waals surface area contributed by atoms with Crippen molar-refractivity contribution in [2.24, 2.45) is 5.73 Å². The van der Waals surface area contributed by atoms with E-state index >= 15 is 0 Å². The second-order valence-electron chi connectivity index (χ2n) is 6.76. The van der Waals surface area contributed by atoms with E-state index in [4.69, 9.17) is 5.73 Å². The normalized spacial score (nSPS) is 11.4. The van der Waals surface area contributed by atoms with Crippen molar-refractivity contribution in [3.63, 3.8) is 0 Å². The summed E-state index contributed by atoms with van der Waals surface area (Å²) in [6.45, 7) is 5.50. The number of hydrogen-bond acceptors (Lipinski definition) is 4. The van der Waals surface area contributed by atoms with Crippen LogP contribution in [0.25, 0.3) is 0 Å². The highest BCUT2D eigenvalue weighted by atomic mass is 35.5. The molecule has 0 aliphatic rings. The molecule has 0 spiro atoms. The highest BCUT2D eigenvalue weighted by molar-refractivity contribution is 7.92. The first kappa shape index (κ1) is 22.9. The predicted molar refractivity (Wildman–Crippen MR) is 106 cm³/mol. The maximum absolute atomic E-state index is 13.0. The summed E-state index contributed by atoms with van der Waals surface area (Å²) in [5, 5.41) is 2.69. The number of hydrogen-bond donors (Lipinski definition) is 3. The first-order chi connectivity index (χ1) is 12.0. The molecule has 27 heavy (non-hydrogen) atoms. The van der Waals surface area contributed by atoms with Gasteiger partial charge < -0.3 is 11.1 Å². The number of nitrogens with one attached hydrogen (secondary N) is 2. The highest BCUT2D eigenvalue weighted by Crippen LogP contribution is 2.19. The van der Waals surface area contributed by atoms with Crippen molar-refractivity contribution in [3.05, 3.63) is 59.4 Å². The molecule has 0 heterocycles. The Labute approximate surface area is 164 Å². The first-order valence-electron chi connectivity index (χ1n) is 7.94. The average Bonchev–Trinajstić information content (AvgIpc) is 2.54. The van der Waals surface area contributed by atoms with E-state index in [0.717, 1.165) is 12.1 Å². The molecule has 0 aliphatic carbocycles. The summed E-state index contributed by atoms with van der Waals surface area (Å²) >= 11 is 0. The predicted octanol–water partition coefficient (Wildman–Crippen LogP) is 2.82. The number of nitrogens with two attached hydrogens (primary N) is 1. The van der Waals surface area contributed by atoms with Crippen LogP contribution in [0, 0.1) is 12.7 Å². The summed E-state index contributed by atoms with van der Waals surface area (Å²) in [7, 11) is -3.92. The zero-order valence-corrected chi connectivity index (χ0v) is 16.9. The second-order valence-corrected chi connectivity index (χ2v) is 8.44. The molecule has 0 saturated heterocycles. The zero-order valence-electron chi connectivity index (χ0n) is 15.2. The maximum Gasteiger partial charge on any atom is 0.261 e. The van der Waals surface area contributed by atoms with Crippen LogP contribution in [-0.4, -0.2) is 26.4 Å². The molecule has 9 heteroatoms. The van der Waals surface area contributed by atoms with Gasteiger partial charge in [0.2, 0.25) is 0 Å². The Morgan fingerprint density at radius 2 is 1.74 bits per heavy atom. The van der Waals surface area contributed by atoms with Gasteiger partial charge >= 0.3 is 0 Å². The molecule has 0 radical (unpaired) electrons. The van der Waals surface area contributed by atoms with E-state index in [1.807, 2.05) is 0 Å². The van der Waals surface area contributed by atoms with Gasteiger partial charge in [-0.3, -0.25) is 9.52 Å². The zero-order chi connectivity index (χ0) is 19.5. The second kappa shape index (κ2) is 8.69. The number of aryl methyl sites for hydroxylation is 1. The van der Waals surface area contributed by atoms with Gasteiger partial charge in [-0.15, -0.1) is 12.4 Å². The smallest absolute Gasteiger partial charge is 0.261 e. The van der Waals surface area contributed by atoms with Crippen molar-refractivity contribution in [1.82, 2.24) is 5.32 Å². The van der Waals surface area contributed by atoms with Crippen LogP contribution < -0.4 is 15.8 Å². The van der Waals surface area contributed by atoms with Crippen molar-refractivity contribution in [2.45, 2.75) is 31.2 Å². The standard InChI is InChI=1S/C18H22FN3O3S.ClH/c1-12-4-9-15(10-16(12)17(23)21-11-18(2,3)20)26(24,25)22-14-7-5-13(19)6-8-14;/h4-10,22H,11,20H2,1-3H3,(H,21,23);1H. The fourth-order valence-corrected chi connectivity index (χ4v) is 3.23. The van der Waals surface area contributed by atoms with E-state index in [2.05, 4.69) is 10.0 Å². The lowest BCUT2D eigenvalue weighted by atomic mass is 10.1. The molecule has 0 aliphatic heterocycles. The third-order valence-corrected chi connectivity index (χ3v) is 4.94. The van der Waals surface area contributed by atoms with Crippen LogP contribution in [-0.2, 0) is 10.0 Å². The van der Waals surface area contributed by atoms with E-state index < -0.39 is 27.3 Å². The molecule has 0 unspecified atom stereocenters. The van der Waals surface area contributed by atoms with Gasteiger partial charge in [-0.05, 0) is 62.7 Å². The van der Waals surface area contributed by atoms with Crippen molar-refractivity contribution in [1.29, 1.82) is 0 Å². The largest absolute Gasteiger partial charge is 0.350 e. The molecule has 1 amide bonds. The molecular formula is C18H23ClFN3O3S. The van der Waals surface area contributed by atoms with E-state index in [0.29, 0.717) is 5.56 Å². The van der Waals surface area contributed by atoms with Gasteiger partial charge in [0.1, 0.15) is 5.82 Å². The number of amides is 1. The molecule has 0 fully saturated rings. The minimum atomic E-state index is -3.92. The summed E-state index contributed by atoms with van der Waals surface area (Å²) in [5.74, 6) is -0.870. The summed E-state index contributed by atoms with van der Waals surface area (Å²) in [6, 6.07) is 9.21. The number of carbonyl (C=O) groups is 1. The number of sulfonamides is 1. The molecule has 2 rings (SSSR count). The number of carbonyl (C=O) groups excluding carboxylic acids is 1. The number of rotatable bonds is 6. The fraction of sp³-hybridized carbons (Fsp3) is 0.278. The number of benzene rings is 2. The molecule has 0 saturated carbocycles. The van der Waals surface area contributed by atoms with Crippen molar-refractivity contribution < 1.29 is 17.6 Å². The Morgan fingerprint density at radius 1 is 1.15 bits per heavy atom. The third-order valence-electron chi connectivity index (χ3n) is 3.56. The molecule has 4 N–H and O–H groups in total. The van der Waals surface area contributed by atoms with Crippen LogP contribution in [0.4, 0.5) is 10.1 Å². The van der Waals surface area contributed by atoms with Crippen LogP contribution in [0.1, 0.15) is 29.8 Å². The van der Waals surface area contributed by atoms with Gasteiger partial charge in [0.05, 0.1) is 4.90 Å². The molecule has 148 valence electrons.